The maximum Gasteiger partial charge on any atom is 0.412 e. The number of carbonyl (C=O) groups is 1. The monoisotopic (exact) mass is 311 g/mol. The SMILES string of the molecule is CCOc1cc([N+](=O)[O-])c(NC)cc1NC(=O)OC(C)(C)C. The fourth-order valence-corrected chi connectivity index (χ4v) is 1.71. The van der Waals surface area contributed by atoms with E-state index in [2.05, 4.69) is 10.6 Å². The molecular weight excluding hydrogens is 290 g/mol. The number of nitrogens with one attached hydrogen (secondary N) is 2. The smallest absolute Gasteiger partial charge is 0.412 e. The Morgan fingerprint density at radius 3 is 2.41 bits per heavy atom. The molecule has 1 amide bonds. The third-order valence-electron chi connectivity index (χ3n) is 2.50. The van der Waals surface area contributed by atoms with Gasteiger partial charge in [-0.05, 0) is 33.8 Å². The summed E-state index contributed by atoms with van der Waals surface area (Å²) in [5.74, 6) is 0.207. The lowest BCUT2D eigenvalue weighted by molar-refractivity contribution is -0.384. The van der Waals surface area contributed by atoms with Crippen LogP contribution in [0.1, 0.15) is 27.7 Å². The van der Waals surface area contributed by atoms with Crippen molar-refractivity contribution in [2.75, 3.05) is 24.3 Å². The van der Waals surface area contributed by atoms with E-state index in [0.29, 0.717) is 12.3 Å². The first-order valence-corrected chi connectivity index (χ1v) is 6.81. The summed E-state index contributed by atoms with van der Waals surface area (Å²) in [5, 5.41) is 16.3. The number of rotatable bonds is 5. The molecule has 8 nitrogen and oxygen atoms in total. The molecule has 0 aliphatic rings. The van der Waals surface area contributed by atoms with Gasteiger partial charge in [-0.1, -0.05) is 0 Å². The third-order valence-corrected chi connectivity index (χ3v) is 2.50. The number of carbonyl (C=O) groups excluding carboxylic acids is 1. The van der Waals surface area contributed by atoms with Gasteiger partial charge >= 0.3 is 6.09 Å². The van der Waals surface area contributed by atoms with Crippen molar-refractivity contribution < 1.29 is 19.2 Å². The van der Waals surface area contributed by atoms with Crippen LogP contribution in [0.4, 0.5) is 21.9 Å². The molecule has 0 saturated heterocycles. The molecule has 0 saturated carbocycles. The molecule has 0 aliphatic heterocycles. The van der Waals surface area contributed by atoms with Crippen molar-refractivity contribution in [2.24, 2.45) is 0 Å². The Morgan fingerprint density at radius 1 is 1.32 bits per heavy atom. The van der Waals surface area contributed by atoms with E-state index in [1.54, 1.807) is 34.7 Å². The summed E-state index contributed by atoms with van der Waals surface area (Å²) < 4.78 is 10.5. The zero-order chi connectivity index (χ0) is 16.9. The van der Waals surface area contributed by atoms with Crippen LogP contribution >= 0.6 is 0 Å². The number of hydrogen-bond donors (Lipinski definition) is 2. The van der Waals surface area contributed by atoms with Crippen LogP contribution in [0.25, 0.3) is 0 Å². The van der Waals surface area contributed by atoms with Crippen LogP contribution in [0.2, 0.25) is 0 Å². The second-order valence-corrected chi connectivity index (χ2v) is 5.43. The highest BCUT2D eigenvalue weighted by Gasteiger charge is 2.22. The van der Waals surface area contributed by atoms with E-state index in [1.165, 1.54) is 12.1 Å². The third kappa shape index (κ3) is 4.80. The van der Waals surface area contributed by atoms with E-state index in [9.17, 15) is 14.9 Å². The number of amides is 1. The number of nitrogens with zero attached hydrogens (tertiary/aromatic N) is 1. The van der Waals surface area contributed by atoms with E-state index in [-0.39, 0.29) is 17.1 Å². The fourth-order valence-electron chi connectivity index (χ4n) is 1.71. The zero-order valence-corrected chi connectivity index (χ0v) is 13.4. The summed E-state index contributed by atoms with van der Waals surface area (Å²) in [5.41, 5.74) is -0.228. The lowest BCUT2D eigenvalue weighted by Gasteiger charge is -2.20. The van der Waals surface area contributed by atoms with Gasteiger partial charge in [-0.25, -0.2) is 4.79 Å². The summed E-state index contributed by atoms with van der Waals surface area (Å²) in [6, 6.07) is 2.70. The van der Waals surface area contributed by atoms with Crippen LogP contribution in [0.5, 0.6) is 5.75 Å². The van der Waals surface area contributed by atoms with Gasteiger partial charge in [0.05, 0.1) is 23.3 Å². The van der Waals surface area contributed by atoms with E-state index in [1.807, 2.05) is 0 Å². The summed E-state index contributed by atoms with van der Waals surface area (Å²) in [4.78, 5) is 22.4. The first-order valence-electron chi connectivity index (χ1n) is 6.81. The number of nitro groups is 1. The lowest BCUT2D eigenvalue weighted by atomic mass is 10.2. The topological polar surface area (TPSA) is 103 Å². The molecule has 1 rings (SSSR count). The minimum Gasteiger partial charge on any atom is -0.491 e. The first kappa shape index (κ1) is 17.5. The Hall–Kier alpha value is -2.51. The van der Waals surface area contributed by atoms with Crippen molar-refractivity contribution in [3.63, 3.8) is 0 Å². The molecule has 2 N–H and O–H groups in total. The Bertz CT molecular complexity index is 566. The Balaban J connectivity index is 3.16. The highest BCUT2D eigenvalue weighted by molar-refractivity contribution is 5.89. The van der Waals surface area contributed by atoms with Gasteiger partial charge in [-0.15, -0.1) is 0 Å². The van der Waals surface area contributed by atoms with Crippen molar-refractivity contribution in [2.45, 2.75) is 33.3 Å². The standard InChI is InChI=1S/C14H21N3O5/c1-6-21-12-8-11(17(19)20)9(15-5)7-10(12)16-13(18)22-14(2,3)4/h7-8,15H,6H2,1-5H3,(H,16,18). The van der Waals surface area contributed by atoms with Crippen LogP contribution in [0, 0.1) is 10.1 Å². The molecule has 1 aromatic rings. The minimum absolute atomic E-state index is 0.138. The molecule has 122 valence electrons. The molecule has 0 fully saturated rings. The maximum absolute atomic E-state index is 11.9. The van der Waals surface area contributed by atoms with Crippen LogP contribution in [-0.4, -0.2) is 30.3 Å². The molecule has 1 aromatic carbocycles. The van der Waals surface area contributed by atoms with Gasteiger partial charge < -0.3 is 14.8 Å². The van der Waals surface area contributed by atoms with Crippen LogP contribution in [0.3, 0.4) is 0 Å². The molecule has 22 heavy (non-hydrogen) atoms. The van der Waals surface area contributed by atoms with E-state index in [0.717, 1.165) is 0 Å². The van der Waals surface area contributed by atoms with E-state index in [4.69, 9.17) is 9.47 Å². The molecule has 0 radical (unpaired) electrons. The maximum atomic E-state index is 11.9. The number of benzene rings is 1. The molecule has 0 unspecified atom stereocenters. The summed E-state index contributed by atoms with van der Waals surface area (Å²) in [7, 11) is 1.56. The second kappa shape index (κ2) is 6.97. The molecule has 0 bridgehead atoms. The van der Waals surface area contributed by atoms with Crippen molar-refractivity contribution >= 4 is 23.2 Å². The number of anilines is 2. The number of nitro benzene ring substituents is 1. The van der Waals surface area contributed by atoms with Gasteiger partial charge in [-0.3, -0.25) is 15.4 Å². The average Bonchev–Trinajstić information content (AvgIpc) is 2.37. The van der Waals surface area contributed by atoms with Crippen LogP contribution < -0.4 is 15.4 Å². The minimum atomic E-state index is -0.663. The van der Waals surface area contributed by atoms with Crippen molar-refractivity contribution in [1.29, 1.82) is 0 Å². The number of hydrogen-bond acceptors (Lipinski definition) is 6. The molecule has 8 heteroatoms. The predicted molar refractivity (Wildman–Crippen MR) is 83.7 cm³/mol. The molecule has 0 aliphatic carbocycles. The van der Waals surface area contributed by atoms with Gasteiger partial charge in [-0.2, -0.15) is 0 Å². The van der Waals surface area contributed by atoms with Gasteiger partial charge in [0, 0.05) is 7.05 Å². The largest absolute Gasteiger partial charge is 0.491 e. The molecule has 0 spiro atoms. The molecule has 0 heterocycles. The normalized spacial score (nSPS) is 10.8. The summed E-state index contributed by atoms with van der Waals surface area (Å²) >= 11 is 0. The Morgan fingerprint density at radius 2 is 1.95 bits per heavy atom. The van der Waals surface area contributed by atoms with E-state index >= 15 is 0 Å². The van der Waals surface area contributed by atoms with E-state index < -0.39 is 16.6 Å². The van der Waals surface area contributed by atoms with Crippen molar-refractivity contribution in [1.82, 2.24) is 0 Å². The van der Waals surface area contributed by atoms with Gasteiger partial charge in [0.1, 0.15) is 17.0 Å². The first-order chi connectivity index (χ1) is 10.2. The second-order valence-electron chi connectivity index (χ2n) is 5.43. The quantitative estimate of drug-likeness (QED) is 0.638. The van der Waals surface area contributed by atoms with Gasteiger partial charge in [0.25, 0.3) is 5.69 Å². The molecular formula is C14H21N3O5. The molecule has 0 atom stereocenters. The van der Waals surface area contributed by atoms with Crippen molar-refractivity contribution in [3.05, 3.63) is 22.2 Å². The molecule has 0 aromatic heterocycles. The predicted octanol–water partition coefficient (Wildman–Crippen LogP) is 3.38. The lowest BCUT2D eigenvalue weighted by Crippen LogP contribution is -2.27. The van der Waals surface area contributed by atoms with Crippen LogP contribution in [-0.2, 0) is 4.74 Å². The average molecular weight is 311 g/mol. The zero-order valence-electron chi connectivity index (χ0n) is 13.4. The van der Waals surface area contributed by atoms with Crippen LogP contribution in [0.15, 0.2) is 12.1 Å². The Labute approximate surface area is 128 Å². The summed E-state index contributed by atoms with van der Waals surface area (Å²) in [6.45, 7) is 7.27. The van der Waals surface area contributed by atoms with Gasteiger partial charge in [0.15, 0.2) is 0 Å². The number of ether oxygens (including phenoxy) is 2. The summed E-state index contributed by atoms with van der Waals surface area (Å²) in [6.07, 6.45) is -0.663. The van der Waals surface area contributed by atoms with Gasteiger partial charge in [0.2, 0.25) is 0 Å². The fraction of sp³-hybridized carbons (Fsp3) is 0.500. The highest BCUT2D eigenvalue weighted by Crippen LogP contribution is 2.36. The highest BCUT2D eigenvalue weighted by atomic mass is 16.6. The van der Waals surface area contributed by atoms with Crippen molar-refractivity contribution in [3.8, 4) is 5.75 Å². The Kier molecular flexibility index (Phi) is 5.56.